The molecule has 0 aliphatic rings. The zero-order valence-electron chi connectivity index (χ0n) is 6.09. The summed E-state index contributed by atoms with van der Waals surface area (Å²) in [7, 11) is 3.20. The predicted molar refractivity (Wildman–Crippen MR) is 38.1 cm³/mol. The molecule has 0 aromatic heterocycles. The van der Waals surface area contributed by atoms with Crippen molar-refractivity contribution in [2.75, 3.05) is 20.7 Å². The van der Waals surface area contributed by atoms with E-state index in [0.29, 0.717) is 0 Å². The Hall–Kier alpha value is 0.0700. The van der Waals surface area contributed by atoms with E-state index in [9.17, 15) is 4.21 Å². The Balaban J connectivity index is 3.45. The van der Waals surface area contributed by atoms with Crippen LogP contribution in [0.25, 0.3) is 0 Å². The number of nitrogens with zero attached hydrogens (tertiary/aromatic N) is 1. The molecular weight excluding hydrogens is 138 g/mol. The van der Waals surface area contributed by atoms with Crippen LogP contribution in [0.3, 0.4) is 0 Å². The summed E-state index contributed by atoms with van der Waals surface area (Å²) in [6.07, 6.45) is 0.992. The molecule has 0 aromatic rings. The zero-order chi connectivity index (χ0) is 7.28. The molecule has 56 valence electrons. The molecule has 4 heteroatoms. The van der Waals surface area contributed by atoms with Crippen LogP contribution in [-0.4, -0.2) is 29.2 Å². The van der Waals surface area contributed by atoms with Crippen molar-refractivity contribution in [3.63, 3.8) is 0 Å². The Labute approximate surface area is 58.8 Å². The van der Waals surface area contributed by atoms with Gasteiger partial charge in [-0.15, -0.1) is 0 Å². The fourth-order valence-corrected chi connectivity index (χ4v) is 1.10. The van der Waals surface area contributed by atoms with Gasteiger partial charge in [-0.1, -0.05) is 6.92 Å². The van der Waals surface area contributed by atoms with Crippen molar-refractivity contribution in [2.24, 2.45) is 0 Å². The quantitative estimate of drug-likeness (QED) is 0.587. The largest absolute Gasteiger partial charge is 0.281 e. The maximum Gasteiger partial charge on any atom is 0.236 e. The van der Waals surface area contributed by atoms with Gasteiger partial charge in [-0.05, 0) is 6.42 Å². The smallest absolute Gasteiger partial charge is 0.236 e. The standard InChI is InChI=1S/C5H13NO2S/c1-4-5-6(2)9(7)8-3/h4-5H2,1-3H3. The molecule has 0 aromatic carbocycles. The zero-order valence-corrected chi connectivity index (χ0v) is 6.90. The van der Waals surface area contributed by atoms with Gasteiger partial charge in [-0.25, -0.2) is 8.51 Å². The van der Waals surface area contributed by atoms with Crippen LogP contribution in [0.4, 0.5) is 0 Å². The summed E-state index contributed by atoms with van der Waals surface area (Å²) in [6.45, 7) is 2.84. The maximum atomic E-state index is 10.7. The van der Waals surface area contributed by atoms with E-state index in [1.165, 1.54) is 7.11 Å². The third-order valence-electron chi connectivity index (χ3n) is 0.936. The average Bonchev–Trinajstić information content (AvgIpc) is 1.87. The molecule has 0 saturated heterocycles. The van der Waals surface area contributed by atoms with Crippen LogP contribution in [0.5, 0.6) is 0 Å². The molecular formula is C5H13NO2S. The van der Waals surface area contributed by atoms with Crippen LogP contribution in [0.2, 0.25) is 0 Å². The summed E-state index contributed by atoms with van der Waals surface area (Å²) in [5, 5.41) is 0. The molecule has 1 atom stereocenters. The van der Waals surface area contributed by atoms with Crippen molar-refractivity contribution >= 4 is 11.3 Å². The minimum absolute atomic E-state index is 0.806. The van der Waals surface area contributed by atoms with Crippen molar-refractivity contribution in [3.05, 3.63) is 0 Å². The highest BCUT2D eigenvalue weighted by molar-refractivity contribution is 7.77. The second-order valence-corrected chi connectivity index (χ2v) is 3.13. The van der Waals surface area contributed by atoms with E-state index in [1.54, 1.807) is 11.4 Å². The van der Waals surface area contributed by atoms with E-state index in [4.69, 9.17) is 0 Å². The summed E-state index contributed by atoms with van der Waals surface area (Å²) >= 11 is -1.24. The van der Waals surface area contributed by atoms with Gasteiger partial charge in [0.2, 0.25) is 11.3 Å². The first-order valence-electron chi connectivity index (χ1n) is 2.89. The fourth-order valence-electron chi connectivity index (χ4n) is 0.517. The minimum atomic E-state index is -1.24. The van der Waals surface area contributed by atoms with Gasteiger partial charge in [0.25, 0.3) is 0 Å². The monoisotopic (exact) mass is 151 g/mol. The van der Waals surface area contributed by atoms with Crippen molar-refractivity contribution in [1.29, 1.82) is 0 Å². The lowest BCUT2D eigenvalue weighted by Crippen LogP contribution is -2.22. The van der Waals surface area contributed by atoms with Gasteiger partial charge >= 0.3 is 0 Å². The van der Waals surface area contributed by atoms with Crippen molar-refractivity contribution in [2.45, 2.75) is 13.3 Å². The lowest BCUT2D eigenvalue weighted by Gasteiger charge is -2.10. The molecule has 3 nitrogen and oxygen atoms in total. The Morgan fingerprint density at radius 3 is 2.56 bits per heavy atom. The Morgan fingerprint density at radius 2 is 2.22 bits per heavy atom. The third kappa shape index (κ3) is 3.61. The van der Waals surface area contributed by atoms with E-state index in [2.05, 4.69) is 4.18 Å². The second-order valence-electron chi connectivity index (χ2n) is 1.74. The van der Waals surface area contributed by atoms with Gasteiger partial charge in [0.15, 0.2) is 0 Å². The summed E-state index contributed by atoms with van der Waals surface area (Å²) in [5.41, 5.74) is 0. The topological polar surface area (TPSA) is 29.5 Å². The number of hydrogen-bond acceptors (Lipinski definition) is 2. The average molecular weight is 151 g/mol. The Kier molecular flexibility index (Phi) is 4.94. The highest BCUT2D eigenvalue weighted by Gasteiger charge is 2.02. The number of hydrogen-bond donors (Lipinski definition) is 0. The molecule has 9 heavy (non-hydrogen) atoms. The van der Waals surface area contributed by atoms with Crippen molar-refractivity contribution < 1.29 is 8.39 Å². The fraction of sp³-hybridized carbons (Fsp3) is 1.00. The summed E-state index contributed by atoms with van der Waals surface area (Å²) in [4.78, 5) is 0. The van der Waals surface area contributed by atoms with E-state index < -0.39 is 11.3 Å². The first-order valence-corrected chi connectivity index (χ1v) is 3.93. The molecule has 0 aliphatic carbocycles. The lowest BCUT2D eigenvalue weighted by atomic mass is 10.5. The Morgan fingerprint density at radius 1 is 1.67 bits per heavy atom. The molecule has 0 rings (SSSR count). The predicted octanol–water partition coefficient (Wildman–Crippen LogP) is 0.553. The van der Waals surface area contributed by atoms with Gasteiger partial charge in [0.05, 0.1) is 7.11 Å². The van der Waals surface area contributed by atoms with E-state index in [-0.39, 0.29) is 0 Å². The highest BCUT2D eigenvalue weighted by atomic mass is 32.2. The normalized spacial score (nSPS) is 14.2. The molecule has 0 saturated carbocycles. The molecule has 0 radical (unpaired) electrons. The molecule has 0 N–H and O–H groups in total. The molecule has 0 heterocycles. The molecule has 0 aliphatic heterocycles. The van der Waals surface area contributed by atoms with Crippen molar-refractivity contribution in [1.82, 2.24) is 4.31 Å². The summed E-state index contributed by atoms with van der Waals surface area (Å²) in [5.74, 6) is 0. The first kappa shape index (κ1) is 9.07. The van der Waals surface area contributed by atoms with Gasteiger partial charge in [0.1, 0.15) is 0 Å². The van der Waals surface area contributed by atoms with E-state index in [0.717, 1.165) is 13.0 Å². The second kappa shape index (κ2) is 4.90. The summed E-state index contributed by atoms with van der Waals surface area (Å²) < 4.78 is 16.9. The third-order valence-corrected chi connectivity index (χ3v) is 1.91. The molecule has 0 bridgehead atoms. The highest BCUT2D eigenvalue weighted by Crippen LogP contribution is 1.91. The van der Waals surface area contributed by atoms with Crippen LogP contribution in [0.15, 0.2) is 0 Å². The van der Waals surface area contributed by atoms with Gasteiger partial charge in [-0.3, -0.25) is 4.18 Å². The minimum Gasteiger partial charge on any atom is -0.281 e. The van der Waals surface area contributed by atoms with E-state index >= 15 is 0 Å². The van der Waals surface area contributed by atoms with Crippen LogP contribution in [0.1, 0.15) is 13.3 Å². The Bertz CT molecular complexity index is 97.0. The summed E-state index contributed by atoms with van der Waals surface area (Å²) in [6, 6.07) is 0. The van der Waals surface area contributed by atoms with Crippen LogP contribution >= 0.6 is 0 Å². The molecule has 0 spiro atoms. The van der Waals surface area contributed by atoms with Crippen molar-refractivity contribution in [3.8, 4) is 0 Å². The van der Waals surface area contributed by atoms with E-state index in [1.807, 2.05) is 6.92 Å². The maximum absolute atomic E-state index is 10.7. The van der Waals surface area contributed by atoms with Crippen LogP contribution in [0, 0.1) is 0 Å². The molecule has 1 unspecified atom stereocenters. The van der Waals surface area contributed by atoms with Crippen LogP contribution < -0.4 is 0 Å². The van der Waals surface area contributed by atoms with Crippen LogP contribution in [-0.2, 0) is 15.4 Å². The van der Waals surface area contributed by atoms with Gasteiger partial charge < -0.3 is 0 Å². The van der Waals surface area contributed by atoms with Gasteiger partial charge in [0, 0.05) is 13.6 Å². The van der Waals surface area contributed by atoms with Gasteiger partial charge in [-0.2, -0.15) is 0 Å². The first-order chi connectivity index (χ1) is 4.22. The molecule has 0 amide bonds. The SMILES string of the molecule is CCCN(C)S(=O)OC. The molecule has 0 fully saturated rings. The number of rotatable bonds is 4. The lowest BCUT2D eigenvalue weighted by molar-refractivity contribution is 0.384.